The maximum atomic E-state index is 13.8. The highest BCUT2D eigenvalue weighted by Gasteiger charge is 2.61. The number of aryl methyl sites for hydroxylation is 1. The zero-order valence-electron chi connectivity index (χ0n) is 26.1. The maximum absolute atomic E-state index is 13.8. The number of nitrogens with zero attached hydrogens (tertiary/aromatic N) is 6. The second-order valence-corrected chi connectivity index (χ2v) is 13.5. The molecular weight excluding hydrogens is 582 g/mol. The normalized spacial score (nSPS) is 22.9. The van der Waals surface area contributed by atoms with E-state index in [9.17, 15) is 9.59 Å². The molecular formula is C35H35N7O4. The third kappa shape index (κ3) is 3.93. The molecule has 0 spiro atoms. The van der Waals surface area contributed by atoms with Crippen LogP contribution in [-0.4, -0.2) is 67.6 Å². The van der Waals surface area contributed by atoms with Crippen molar-refractivity contribution in [2.24, 2.45) is 36.5 Å². The van der Waals surface area contributed by atoms with Crippen molar-refractivity contribution in [3.8, 4) is 34.3 Å². The number of likely N-dealkylation sites (tertiary alicyclic amines) is 1. The van der Waals surface area contributed by atoms with Crippen LogP contribution in [0.3, 0.4) is 0 Å². The van der Waals surface area contributed by atoms with Gasteiger partial charge in [-0.2, -0.15) is 0 Å². The SMILES string of the molecule is COc1cc(-c2ccc3cc(-c4nc5cc(C(=O)N6CC7CC8CC6[C@H]87)cc(OC)c5n4C)n(CC4CC4)c3n2)cnc1C(N)=O. The van der Waals surface area contributed by atoms with Gasteiger partial charge in [0.25, 0.3) is 11.8 Å². The highest BCUT2D eigenvalue weighted by molar-refractivity contribution is 6.00. The van der Waals surface area contributed by atoms with Gasteiger partial charge < -0.3 is 29.2 Å². The third-order valence-electron chi connectivity index (χ3n) is 10.9. The molecule has 4 atom stereocenters. The van der Waals surface area contributed by atoms with E-state index in [1.807, 2.05) is 31.3 Å². The van der Waals surface area contributed by atoms with Crippen molar-refractivity contribution in [1.29, 1.82) is 0 Å². The lowest BCUT2D eigenvalue weighted by Crippen LogP contribution is -2.53. The highest BCUT2D eigenvalue weighted by Crippen LogP contribution is 2.60. The summed E-state index contributed by atoms with van der Waals surface area (Å²) >= 11 is 0. The van der Waals surface area contributed by atoms with Crippen LogP contribution in [0.25, 0.3) is 44.8 Å². The minimum atomic E-state index is -0.648. The summed E-state index contributed by atoms with van der Waals surface area (Å²) in [6.45, 7) is 1.69. The molecule has 5 heterocycles. The van der Waals surface area contributed by atoms with Gasteiger partial charge in [0, 0.05) is 48.9 Å². The maximum Gasteiger partial charge on any atom is 0.271 e. The van der Waals surface area contributed by atoms with Crippen molar-refractivity contribution in [1.82, 2.24) is 29.0 Å². The van der Waals surface area contributed by atoms with Gasteiger partial charge in [0.05, 0.1) is 31.1 Å². The summed E-state index contributed by atoms with van der Waals surface area (Å²) in [5, 5.41) is 0.991. The zero-order valence-corrected chi connectivity index (χ0v) is 26.1. The summed E-state index contributed by atoms with van der Waals surface area (Å²) in [4.78, 5) is 42.2. The van der Waals surface area contributed by atoms with Crippen molar-refractivity contribution in [3.63, 3.8) is 0 Å². The molecule has 4 fully saturated rings. The molecule has 2 N–H and O–H groups in total. The Morgan fingerprint density at radius 2 is 1.83 bits per heavy atom. The fourth-order valence-corrected chi connectivity index (χ4v) is 8.32. The van der Waals surface area contributed by atoms with Gasteiger partial charge in [0.1, 0.15) is 16.9 Å². The molecule has 3 unspecified atom stereocenters. The van der Waals surface area contributed by atoms with Crippen molar-refractivity contribution in [3.05, 3.63) is 53.9 Å². The number of hydrogen-bond donors (Lipinski definition) is 1. The largest absolute Gasteiger partial charge is 0.494 e. The quantitative estimate of drug-likeness (QED) is 0.268. The average molecular weight is 618 g/mol. The van der Waals surface area contributed by atoms with Crippen LogP contribution in [0.5, 0.6) is 11.5 Å². The second kappa shape index (κ2) is 9.78. The fourth-order valence-electron chi connectivity index (χ4n) is 8.32. The average Bonchev–Trinajstić information content (AvgIpc) is 3.72. The molecule has 5 aromatic rings. The van der Waals surface area contributed by atoms with Crippen LogP contribution in [0.4, 0.5) is 0 Å². The first-order valence-electron chi connectivity index (χ1n) is 16.0. The van der Waals surface area contributed by atoms with Crippen LogP contribution >= 0.6 is 0 Å². The third-order valence-corrected chi connectivity index (χ3v) is 10.9. The monoisotopic (exact) mass is 617 g/mol. The molecule has 9 rings (SSSR count). The molecule has 46 heavy (non-hydrogen) atoms. The lowest BCUT2D eigenvalue weighted by molar-refractivity contribution is -0.0204. The minimum Gasteiger partial charge on any atom is -0.494 e. The molecule has 1 saturated heterocycles. The van der Waals surface area contributed by atoms with Crippen LogP contribution in [0.15, 0.2) is 42.6 Å². The number of nitrogens with two attached hydrogens (primary N) is 1. The van der Waals surface area contributed by atoms with Crippen LogP contribution < -0.4 is 15.2 Å². The first kappa shape index (κ1) is 27.4. The second-order valence-electron chi connectivity index (χ2n) is 13.5. The predicted molar refractivity (Wildman–Crippen MR) is 172 cm³/mol. The van der Waals surface area contributed by atoms with Crippen molar-refractivity contribution in [2.45, 2.75) is 38.3 Å². The summed E-state index contributed by atoms with van der Waals surface area (Å²) in [5.74, 6) is 3.97. The molecule has 1 aliphatic heterocycles. The number of hydrogen-bond acceptors (Lipinski definition) is 7. The van der Waals surface area contributed by atoms with E-state index in [4.69, 9.17) is 25.2 Å². The number of imidazole rings is 1. The molecule has 11 heteroatoms. The number of aromatic nitrogens is 5. The van der Waals surface area contributed by atoms with Crippen molar-refractivity contribution < 1.29 is 19.1 Å². The van der Waals surface area contributed by atoms with Gasteiger partial charge in [-0.15, -0.1) is 0 Å². The van der Waals surface area contributed by atoms with Crippen LogP contribution in [-0.2, 0) is 13.6 Å². The van der Waals surface area contributed by atoms with E-state index in [0.717, 1.165) is 64.6 Å². The number of amides is 2. The van der Waals surface area contributed by atoms with Gasteiger partial charge >= 0.3 is 0 Å². The van der Waals surface area contributed by atoms with E-state index in [2.05, 4.69) is 25.1 Å². The Labute approximate surface area is 265 Å². The number of methoxy groups -OCH3 is 2. The number of rotatable bonds is 8. The number of carbonyl (C=O) groups is 2. The van der Waals surface area contributed by atoms with Crippen molar-refractivity contribution in [2.75, 3.05) is 20.8 Å². The Balaban J connectivity index is 1.14. The highest BCUT2D eigenvalue weighted by atomic mass is 16.5. The van der Waals surface area contributed by atoms with Crippen LogP contribution in [0, 0.1) is 23.7 Å². The number of fused-ring (bicyclic) bond motifs is 2. The summed E-state index contributed by atoms with van der Waals surface area (Å²) < 4.78 is 15.6. The topological polar surface area (TPSA) is 130 Å². The molecule has 0 radical (unpaired) electrons. The van der Waals surface area contributed by atoms with Gasteiger partial charge in [0.2, 0.25) is 0 Å². The van der Waals surface area contributed by atoms with E-state index < -0.39 is 5.91 Å². The lowest BCUT2D eigenvalue weighted by atomic mass is 9.53. The lowest BCUT2D eigenvalue weighted by Gasteiger charge is -2.52. The van der Waals surface area contributed by atoms with E-state index >= 15 is 0 Å². The summed E-state index contributed by atoms with van der Waals surface area (Å²) in [6.07, 6.45) is 6.37. The number of carbonyl (C=O) groups excluding carboxylic acids is 2. The van der Waals surface area contributed by atoms with E-state index in [0.29, 0.717) is 46.6 Å². The van der Waals surface area contributed by atoms with Gasteiger partial charge in [-0.3, -0.25) is 9.59 Å². The van der Waals surface area contributed by atoms with E-state index in [-0.39, 0.29) is 11.6 Å². The Morgan fingerprint density at radius 3 is 2.54 bits per heavy atom. The van der Waals surface area contributed by atoms with Gasteiger partial charge in [-0.25, -0.2) is 15.0 Å². The molecule has 3 aliphatic carbocycles. The van der Waals surface area contributed by atoms with Gasteiger partial charge in [-0.05, 0) is 85.8 Å². The molecule has 4 aromatic heterocycles. The first-order valence-corrected chi connectivity index (χ1v) is 16.0. The molecule has 4 aliphatic rings. The Hall–Kier alpha value is -4.93. The standard InChI is InChI=1S/C35H35N7O4/c1-40-31-24(9-20(12-28(31)46-3)35(44)42-16-22-8-19-11-25(42)29(19)22)39-34(40)26-10-18-6-7-23(38-33(18)41(26)15-17-4-5-17)21-13-27(45-2)30(32(36)43)37-14-21/h6-7,9-10,12-14,17,19,22,25,29H,4-5,8,11,15-16H2,1-3H3,(H2,36,43)/t19?,22?,25?,29-/m1/s1. The molecule has 3 saturated carbocycles. The number of ether oxygens (including phenoxy) is 2. The zero-order chi connectivity index (χ0) is 31.4. The van der Waals surface area contributed by atoms with Crippen molar-refractivity contribution >= 4 is 33.9 Å². The predicted octanol–water partition coefficient (Wildman–Crippen LogP) is 4.66. The molecule has 1 aromatic carbocycles. The Kier molecular flexibility index (Phi) is 5.82. The molecule has 0 bridgehead atoms. The molecule has 2 amide bonds. The summed E-state index contributed by atoms with van der Waals surface area (Å²) in [6, 6.07) is 12.1. The van der Waals surface area contributed by atoms with Gasteiger partial charge in [-0.1, -0.05) is 0 Å². The Bertz CT molecular complexity index is 2110. The smallest absolute Gasteiger partial charge is 0.271 e. The molecule has 234 valence electrons. The number of benzene rings is 1. The minimum absolute atomic E-state index is 0.0815. The number of pyridine rings is 2. The first-order chi connectivity index (χ1) is 22.3. The fraction of sp³-hybridized carbons (Fsp3) is 0.400. The molecule has 11 nitrogen and oxygen atoms in total. The summed E-state index contributed by atoms with van der Waals surface area (Å²) in [5.41, 5.74) is 11.0. The number of primary amides is 1. The Morgan fingerprint density at radius 1 is 1.00 bits per heavy atom. The van der Waals surface area contributed by atoms with E-state index in [1.54, 1.807) is 19.4 Å². The van der Waals surface area contributed by atoms with Crippen LogP contribution in [0.2, 0.25) is 0 Å². The van der Waals surface area contributed by atoms with Gasteiger partial charge in [0.15, 0.2) is 17.3 Å². The summed E-state index contributed by atoms with van der Waals surface area (Å²) in [7, 11) is 5.13. The van der Waals surface area contributed by atoms with E-state index in [1.165, 1.54) is 26.4 Å². The van der Waals surface area contributed by atoms with Crippen LogP contribution in [0.1, 0.15) is 46.5 Å².